The van der Waals surface area contributed by atoms with E-state index in [4.69, 9.17) is 9.84 Å². The van der Waals surface area contributed by atoms with Gasteiger partial charge in [0.2, 0.25) is 0 Å². The van der Waals surface area contributed by atoms with Crippen LogP contribution < -0.4 is 0 Å². The summed E-state index contributed by atoms with van der Waals surface area (Å²) in [5, 5.41) is 10.5. The first-order valence-electron chi connectivity index (χ1n) is 5.83. The van der Waals surface area contributed by atoms with Crippen LogP contribution in [-0.2, 0) is 16.0 Å². The van der Waals surface area contributed by atoms with Crippen LogP contribution in [0.3, 0.4) is 0 Å². The number of thioether (sulfide) groups is 1. The molecule has 0 saturated carbocycles. The Morgan fingerprint density at radius 1 is 1.56 bits per heavy atom. The van der Waals surface area contributed by atoms with Crippen LogP contribution in [0.1, 0.15) is 5.69 Å². The maximum atomic E-state index is 10.5. The van der Waals surface area contributed by atoms with Gasteiger partial charge in [0, 0.05) is 30.8 Å². The van der Waals surface area contributed by atoms with Gasteiger partial charge >= 0.3 is 5.97 Å². The van der Waals surface area contributed by atoms with Crippen molar-refractivity contribution in [2.75, 3.05) is 38.6 Å². The zero-order valence-electron chi connectivity index (χ0n) is 10.0. The molecule has 0 spiro atoms. The molecule has 0 radical (unpaired) electrons. The molecule has 7 heteroatoms. The van der Waals surface area contributed by atoms with Crippen LogP contribution >= 0.6 is 23.1 Å². The molecule has 2 heterocycles. The quantitative estimate of drug-likeness (QED) is 0.794. The summed E-state index contributed by atoms with van der Waals surface area (Å²) in [5.41, 5.74) is 0.654. The van der Waals surface area contributed by atoms with Crippen LogP contribution in [0, 0.1) is 0 Å². The fourth-order valence-corrected chi connectivity index (χ4v) is 3.59. The maximum Gasteiger partial charge on any atom is 0.309 e. The molecule has 0 aliphatic carbocycles. The summed E-state index contributed by atoms with van der Waals surface area (Å²) in [5.74, 6) is 0.158. The number of carboxylic acid groups (broad SMARTS) is 1. The number of thiazole rings is 1. The summed E-state index contributed by atoms with van der Waals surface area (Å²) < 4.78 is 6.25. The average Bonchev–Trinajstić information content (AvgIpc) is 2.77. The van der Waals surface area contributed by atoms with Crippen molar-refractivity contribution in [3.63, 3.8) is 0 Å². The highest BCUT2D eigenvalue weighted by molar-refractivity contribution is 8.01. The summed E-state index contributed by atoms with van der Waals surface area (Å²) in [6.07, 6.45) is 0.0144. The monoisotopic (exact) mass is 288 g/mol. The largest absolute Gasteiger partial charge is 0.481 e. The molecule has 5 nitrogen and oxygen atoms in total. The van der Waals surface area contributed by atoms with Gasteiger partial charge in [-0.1, -0.05) is 11.8 Å². The summed E-state index contributed by atoms with van der Waals surface area (Å²) in [7, 11) is 0. The van der Waals surface area contributed by atoms with Gasteiger partial charge < -0.3 is 9.84 Å². The van der Waals surface area contributed by atoms with E-state index >= 15 is 0 Å². The predicted octanol–water partition coefficient (Wildman–Crippen LogP) is 1.19. The Bertz CT molecular complexity index is 391. The minimum Gasteiger partial charge on any atom is -0.481 e. The highest BCUT2D eigenvalue weighted by atomic mass is 32.2. The summed E-state index contributed by atoms with van der Waals surface area (Å²) in [4.78, 5) is 17.2. The lowest BCUT2D eigenvalue weighted by Gasteiger charge is -2.26. The lowest BCUT2D eigenvalue weighted by Crippen LogP contribution is -2.37. The predicted molar refractivity (Wildman–Crippen MR) is 71.4 cm³/mol. The van der Waals surface area contributed by atoms with Crippen molar-refractivity contribution < 1.29 is 14.6 Å². The van der Waals surface area contributed by atoms with Crippen molar-refractivity contribution in [2.24, 2.45) is 0 Å². The lowest BCUT2D eigenvalue weighted by atomic mass is 10.3. The van der Waals surface area contributed by atoms with Gasteiger partial charge in [-0.2, -0.15) is 0 Å². The van der Waals surface area contributed by atoms with Gasteiger partial charge in [-0.25, -0.2) is 4.98 Å². The van der Waals surface area contributed by atoms with Gasteiger partial charge in [-0.3, -0.25) is 9.69 Å². The van der Waals surface area contributed by atoms with Crippen LogP contribution in [0.5, 0.6) is 0 Å². The van der Waals surface area contributed by atoms with Gasteiger partial charge in [0.05, 0.1) is 25.3 Å². The molecule has 1 saturated heterocycles. The molecule has 1 aromatic rings. The van der Waals surface area contributed by atoms with Crippen molar-refractivity contribution >= 4 is 29.1 Å². The van der Waals surface area contributed by atoms with Crippen molar-refractivity contribution in [1.29, 1.82) is 0 Å². The highest BCUT2D eigenvalue weighted by Gasteiger charge is 2.11. The van der Waals surface area contributed by atoms with Crippen LogP contribution in [-0.4, -0.2) is 59.6 Å². The second kappa shape index (κ2) is 7.08. The highest BCUT2D eigenvalue weighted by Crippen LogP contribution is 2.22. The Morgan fingerprint density at radius 3 is 3.06 bits per heavy atom. The molecule has 18 heavy (non-hydrogen) atoms. The molecule has 0 bridgehead atoms. The number of aliphatic carboxylic acids is 1. The minimum atomic E-state index is -0.829. The minimum absolute atomic E-state index is 0.0144. The van der Waals surface area contributed by atoms with E-state index in [1.807, 2.05) is 5.38 Å². The number of hydrogen-bond donors (Lipinski definition) is 1. The van der Waals surface area contributed by atoms with Gasteiger partial charge in [0.25, 0.3) is 0 Å². The Kier molecular flexibility index (Phi) is 5.43. The van der Waals surface area contributed by atoms with E-state index in [-0.39, 0.29) is 6.42 Å². The van der Waals surface area contributed by atoms with Crippen molar-refractivity contribution in [3.05, 3.63) is 11.1 Å². The van der Waals surface area contributed by atoms with Crippen LogP contribution in [0.15, 0.2) is 9.72 Å². The zero-order valence-corrected chi connectivity index (χ0v) is 11.6. The smallest absolute Gasteiger partial charge is 0.309 e. The molecule has 1 aliphatic rings. The van der Waals surface area contributed by atoms with Gasteiger partial charge in [-0.15, -0.1) is 11.3 Å². The number of nitrogens with zero attached hydrogens (tertiary/aromatic N) is 2. The number of morpholine rings is 1. The van der Waals surface area contributed by atoms with E-state index in [0.29, 0.717) is 5.69 Å². The Labute approximate surface area is 114 Å². The third kappa shape index (κ3) is 4.56. The molecular formula is C11H16N2O3S2. The summed E-state index contributed by atoms with van der Waals surface area (Å²) >= 11 is 3.22. The van der Waals surface area contributed by atoms with E-state index in [2.05, 4.69) is 9.88 Å². The molecule has 1 N–H and O–H groups in total. The van der Waals surface area contributed by atoms with Crippen molar-refractivity contribution in [2.45, 2.75) is 10.8 Å². The van der Waals surface area contributed by atoms with Gasteiger partial charge in [-0.05, 0) is 0 Å². The molecule has 0 unspecified atom stereocenters. The number of carboxylic acids is 1. The summed E-state index contributed by atoms with van der Waals surface area (Å²) in [6, 6.07) is 0. The number of ether oxygens (including phenoxy) is 1. The fraction of sp³-hybridized carbons (Fsp3) is 0.636. The Morgan fingerprint density at radius 2 is 2.33 bits per heavy atom. The van der Waals surface area contributed by atoms with E-state index in [9.17, 15) is 4.79 Å². The van der Waals surface area contributed by atoms with E-state index < -0.39 is 5.97 Å². The molecule has 2 rings (SSSR count). The van der Waals surface area contributed by atoms with Crippen LogP contribution in [0.4, 0.5) is 0 Å². The maximum absolute atomic E-state index is 10.5. The number of aromatic nitrogens is 1. The third-order valence-electron chi connectivity index (χ3n) is 2.60. The van der Waals surface area contributed by atoms with Gasteiger partial charge in [0.15, 0.2) is 0 Å². The van der Waals surface area contributed by atoms with Gasteiger partial charge in [0.1, 0.15) is 4.34 Å². The Hall–Kier alpha value is -0.630. The molecule has 0 amide bonds. The molecule has 0 aromatic carbocycles. The van der Waals surface area contributed by atoms with Crippen molar-refractivity contribution in [1.82, 2.24) is 9.88 Å². The van der Waals surface area contributed by atoms with Crippen LogP contribution in [0.2, 0.25) is 0 Å². The normalized spacial score (nSPS) is 16.9. The lowest BCUT2D eigenvalue weighted by molar-refractivity contribution is -0.136. The molecule has 100 valence electrons. The number of carbonyl (C=O) groups is 1. The van der Waals surface area contributed by atoms with Crippen molar-refractivity contribution in [3.8, 4) is 0 Å². The first kappa shape index (κ1) is 13.8. The standard InChI is InChI=1S/C11H16N2O3S2/c14-10(15)7-9-8-18-11(12-9)17-6-3-13-1-4-16-5-2-13/h8H,1-7H2,(H,14,15). The first-order chi connectivity index (χ1) is 8.74. The molecule has 1 fully saturated rings. The number of rotatable bonds is 6. The zero-order chi connectivity index (χ0) is 12.8. The van der Waals surface area contributed by atoms with E-state index in [0.717, 1.165) is 42.9 Å². The van der Waals surface area contributed by atoms with E-state index in [1.165, 1.54) is 11.3 Å². The number of hydrogen-bond acceptors (Lipinski definition) is 6. The fourth-order valence-electron chi connectivity index (χ4n) is 1.68. The molecular weight excluding hydrogens is 272 g/mol. The van der Waals surface area contributed by atoms with Crippen LogP contribution in [0.25, 0.3) is 0 Å². The Balaban J connectivity index is 1.69. The average molecular weight is 288 g/mol. The first-order valence-corrected chi connectivity index (χ1v) is 7.69. The SMILES string of the molecule is O=C(O)Cc1csc(SCCN2CCOCC2)n1. The summed E-state index contributed by atoms with van der Waals surface area (Å²) in [6.45, 7) is 4.68. The second-order valence-corrected chi connectivity index (χ2v) is 6.18. The molecule has 1 aromatic heterocycles. The van der Waals surface area contributed by atoms with E-state index in [1.54, 1.807) is 11.8 Å². The third-order valence-corrected chi connectivity index (χ3v) is 4.65. The molecule has 0 atom stereocenters. The second-order valence-electron chi connectivity index (χ2n) is 3.98. The topological polar surface area (TPSA) is 62.7 Å². The molecule has 1 aliphatic heterocycles.